The van der Waals surface area contributed by atoms with Crippen molar-refractivity contribution in [1.82, 2.24) is 0 Å². The van der Waals surface area contributed by atoms with Crippen LogP contribution in [0.25, 0.3) is 0 Å². The van der Waals surface area contributed by atoms with E-state index in [2.05, 4.69) is 5.32 Å². The van der Waals surface area contributed by atoms with Gasteiger partial charge in [0.15, 0.2) is 0 Å². The summed E-state index contributed by atoms with van der Waals surface area (Å²) in [6, 6.07) is 7.80. The fraction of sp³-hybridized carbons (Fsp3) is 0.500. The van der Waals surface area contributed by atoms with E-state index < -0.39 is 6.10 Å². The van der Waals surface area contributed by atoms with Crippen LogP contribution in [0.1, 0.15) is 0 Å². The lowest BCUT2D eigenvalue weighted by molar-refractivity contribution is 0.211. The number of halogens is 1. The molecular weight excluding hydrogens is 240 g/mol. The molecule has 0 saturated carbocycles. The molecule has 0 aliphatic heterocycles. The molecule has 0 heterocycles. The minimum absolute atomic E-state index is 0.137. The number of likely N-dealkylation sites (N-methyl/N-ethyl adjacent to an activating group) is 1. The number of nitrogens with one attached hydrogen (secondary N) is 1. The predicted molar refractivity (Wildman–Crippen MR) is 72.0 cm³/mol. The molecule has 1 aromatic rings. The van der Waals surface area contributed by atoms with Gasteiger partial charge < -0.3 is 20.4 Å². The van der Waals surface area contributed by atoms with Gasteiger partial charge in [0.1, 0.15) is 0 Å². The first kappa shape index (κ1) is 14.1. The number of benzene rings is 1. The van der Waals surface area contributed by atoms with Crippen LogP contribution in [-0.2, 0) is 0 Å². The van der Waals surface area contributed by atoms with Gasteiger partial charge in [0.05, 0.1) is 18.6 Å². The lowest BCUT2D eigenvalue weighted by Gasteiger charge is -2.18. The van der Waals surface area contributed by atoms with Crippen molar-refractivity contribution in [1.29, 1.82) is 0 Å². The summed E-state index contributed by atoms with van der Waals surface area (Å²) in [5, 5.41) is 21.2. The number of alkyl halides is 1. The maximum atomic E-state index is 9.30. The Labute approximate surface area is 107 Å². The van der Waals surface area contributed by atoms with Gasteiger partial charge in [-0.15, -0.1) is 11.6 Å². The number of aliphatic hydroxyl groups is 2. The summed E-state index contributed by atoms with van der Waals surface area (Å²) in [7, 11) is 1.93. The Morgan fingerprint density at radius 1 is 1.35 bits per heavy atom. The van der Waals surface area contributed by atoms with Crippen LogP contribution in [0.2, 0.25) is 0 Å². The fourth-order valence-electron chi connectivity index (χ4n) is 1.40. The van der Waals surface area contributed by atoms with E-state index in [0.29, 0.717) is 13.1 Å². The van der Waals surface area contributed by atoms with Gasteiger partial charge in [-0.05, 0) is 24.3 Å². The minimum atomic E-state index is -0.534. The molecule has 0 aliphatic rings. The van der Waals surface area contributed by atoms with E-state index in [1.165, 1.54) is 0 Å². The normalized spacial score (nSPS) is 12.2. The Morgan fingerprint density at radius 2 is 2.00 bits per heavy atom. The molecule has 5 heteroatoms. The third-order valence-electron chi connectivity index (χ3n) is 2.46. The molecule has 3 N–H and O–H groups in total. The average Bonchev–Trinajstić information content (AvgIpc) is 2.36. The summed E-state index contributed by atoms with van der Waals surface area (Å²) in [5.41, 5.74) is 1.98. The van der Waals surface area contributed by atoms with Gasteiger partial charge in [0.2, 0.25) is 0 Å². The van der Waals surface area contributed by atoms with Crippen molar-refractivity contribution in [2.24, 2.45) is 0 Å². The Kier molecular flexibility index (Phi) is 6.11. The quantitative estimate of drug-likeness (QED) is 0.642. The first-order valence-electron chi connectivity index (χ1n) is 5.57. The summed E-state index contributed by atoms with van der Waals surface area (Å²) in [5.74, 6) is 0.227. The molecule has 1 atom stereocenters. The van der Waals surface area contributed by atoms with Crippen LogP contribution in [-0.4, -0.2) is 48.9 Å². The highest BCUT2D eigenvalue weighted by molar-refractivity contribution is 6.18. The standard InChI is InChI=1S/C12H19ClN2O2/c1-15(6-7-16)11-4-2-10(3-5-11)14-9-12(17)8-13/h2-5,12,14,16-17H,6-9H2,1H3. The van der Waals surface area contributed by atoms with E-state index in [1.807, 2.05) is 36.2 Å². The molecule has 0 aliphatic carbocycles. The van der Waals surface area contributed by atoms with Gasteiger partial charge in [0, 0.05) is 31.5 Å². The van der Waals surface area contributed by atoms with E-state index in [4.69, 9.17) is 16.7 Å². The topological polar surface area (TPSA) is 55.7 Å². The van der Waals surface area contributed by atoms with Crippen molar-refractivity contribution in [3.8, 4) is 0 Å². The van der Waals surface area contributed by atoms with Crippen LogP contribution < -0.4 is 10.2 Å². The Morgan fingerprint density at radius 3 is 2.53 bits per heavy atom. The zero-order valence-electron chi connectivity index (χ0n) is 9.93. The van der Waals surface area contributed by atoms with Crippen molar-refractivity contribution in [2.45, 2.75) is 6.10 Å². The van der Waals surface area contributed by atoms with Gasteiger partial charge in [0.25, 0.3) is 0 Å². The predicted octanol–water partition coefficient (Wildman–Crippen LogP) is 1.13. The van der Waals surface area contributed by atoms with Gasteiger partial charge >= 0.3 is 0 Å². The first-order chi connectivity index (χ1) is 8.17. The SMILES string of the molecule is CN(CCO)c1ccc(NCC(O)CCl)cc1. The Hall–Kier alpha value is -0.970. The Balaban J connectivity index is 2.50. The summed E-state index contributed by atoms with van der Waals surface area (Å²) in [4.78, 5) is 1.97. The molecule has 1 aromatic carbocycles. The van der Waals surface area contributed by atoms with Crippen LogP contribution >= 0.6 is 11.6 Å². The fourth-order valence-corrected chi connectivity index (χ4v) is 1.51. The van der Waals surface area contributed by atoms with E-state index in [0.717, 1.165) is 11.4 Å². The monoisotopic (exact) mass is 258 g/mol. The van der Waals surface area contributed by atoms with Crippen LogP contribution in [0.4, 0.5) is 11.4 Å². The summed E-state index contributed by atoms with van der Waals surface area (Å²) in [6.45, 7) is 1.19. The lowest BCUT2D eigenvalue weighted by atomic mass is 10.2. The van der Waals surface area contributed by atoms with Gasteiger partial charge in [-0.2, -0.15) is 0 Å². The van der Waals surface area contributed by atoms with Crippen LogP contribution in [0.5, 0.6) is 0 Å². The molecule has 0 radical (unpaired) electrons. The lowest BCUT2D eigenvalue weighted by Crippen LogP contribution is -2.22. The van der Waals surface area contributed by atoms with Crippen molar-refractivity contribution < 1.29 is 10.2 Å². The number of aliphatic hydroxyl groups excluding tert-OH is 2. The zero-order valence-corrected chi connectivity index (χ0v) is 10.7. The molecule has 0 amide bonds. The van der Waals surface area contributed by atoms with Crippen molar-refractivity contribution in [2.75, 3.05) is 42.8 Å². The van der Waals surface area contributed by atoms with E-state index in [9.17, 15) is 5.11 Å². The smallest absolute Gasteiger partial charge is 0.0847 e. The molecule has 4 nitrogen and oxygen atoms in total. The summed E-state index contributed by atoms with van der Waals surface area (Å²) >= 11 is 5.50. The highest BCUT2D eigenvalue weighted by atomic mass is 35.5. The molecule has 0 fully saturated rings. The second-order valence-corrected chi connectivity index (χ2v) is 4.19. The van der Waals surface area contributed by atoms with Gasteiger partial charge in [-0.1, -0.05) is 0 Å². The second-order valence-electron chi connectivity index (χ2n) is 3.88. The van der Waals surface area contributed by atoms with Gasteiger partial charge in [-0.25, -0.2) is 0 Å². The van der Waals surface area contributed by atoms with Crippen molar-refractivity contribution in [3.05, 3.63) is 24.3 Å². The third kappa shape index (κ3) is 4.81. The van der Waals surface area contributed by atoms with E-state index in [1.54, 1.807) is 0 Å². The van der Waals surface area contributed by atoms with Crippen LogP contribution in [0.3, 0.4) is 0 Å². The largest absolute Gasteiger partial charge is 0.395 e. The molecular formula is C12H19ClN2O2. The highest BCUT2D eigenvalue weighted by Crippen LogP contribution is 2.16. The molecule has 1 unspecified atom stereocenters. The zero-order chi connectivity index (χ0) is 12.7. The highest BCUT2D eigenvalue weighted by Gasteiger charge is 2.02. The third-order valence-corrected chi connectivity index (χ3v) is 2.82. The minimum Gasteiger partial charge on any atom is -0.395 e. The second kappa shape index (κ2) is 7.37. The summed E-state index contributed by atoms with van der Waals surface area (Å²) < 4.78 is 0. The van der Waals surface area contributed by atoms with E-state index >= 15 is 0 Å². The van der Waals surface area contributed by atoms with Gasteiger partial charge in [-0.3, -0.25) is 0 Å². The maximum absolute atomic E-state index is 9.30. The molecule has 17 heavy (non-hydrogen) atoms. The first-order valence-corrected chi connectivity index (χ1v) is 6.10. The van der Waals surface area contributed by atoms with Crippen molar-refractivity contribution >= 4 is 23.0 Å². The van der Waals surface area contributed by atoms with E-state index in [-0.39, 0.29) is 12.5 Å². The molecule has 0 spiro atoms. The maximum Gasteiger partial charge on any atom is 0.0847 e. The number of hydrogen-bond donors (Lipinski definition) is 3. The van der Waals surface area contributed by atoms with Crippen molar-refractivity contribution in [3.63, 3.8) is 0 Å². The molecule has 0 saturated heterocycles. The summed E-state index contributed by atoms with van der Waals surface area (Å²) in [6.07, 6.45) is -0.534. The molecule has 0 aromatic heterocycles. The molecule has 96 valence electrons. The van der Waals surface area contributed by atoms with Crippen LogP contribution in [0, 0.1) is 0 Å². The Bertz CT molecular complexity index is 319. The molecule has 1 rings (SSSR count). The van der Waals surface area contributed by atoms with Crippen LogP contribution in [0.15, 0.2) is 24.3 Å². The number of nitrogens with zero attached hydrogens (tertiary/aromatic N) is 1. The number of anilines is 2. The number of hydrogen-bond acceptors (Lipinski definition) is 4. The number of rotatable bonds is 7. The molecule has 0 bridgehead atoms. The average molecular weight is 259 g/mol.